The van der Waals surface area contributed by atoms with E-state index in [0.717, 1.165) is 17.0 Å². The van der Waals surface area contributed by atoms with Crippen molar-refractivity contribution in [2.75, 3.05) is 18.5 Å². The van der Waals surface area contributed by atoms with E-state index >= 15 is 0 Å². The zero-order chi connectivity index (χ0) is 19.6. The van der Waals surface area contributed by atoms with E-state index in [9.17, 15) is 23.6 Å². The standard InChI is InChI=1S/C18H16ClFN2O5/c19-13-7-10(20)5-6-14(13)21-15(23)9-27-16(24)8-22-17(25)11-3-1-2-4-12(11)18(22)26/h1-2,5-7,11-12H,3-4,8-9H2,(H,21,23)/t11-,12-/m0/s1. The Morgan fingerprint density at radius 2 is 1.81 bits per heavy atom. The molecule has 0 bridgehead atoms. The molecule has 1 aromatic carbocycles. The van der Waals surface area contributed by atoms with E-state index in [1.807, 2.05) is 12.2 Å². The van der Waals surface area contributed by atoms with Gasteiger partial charge in [-0.05, 0) is 31.0 Å². The Morgan fingerprint density at radius 3 is 2.41 bits per heavy atom. The molecule has 27 heavy (non-hydrogen) atoms. The van der Waals surface area contributed by atoms with Gasteiger partial charge in [-0.1, -0.05) is 23.8 Å². The molecule has 9 heteroatoms. The number of hydrogen-bond donors (Lipinski definition) is 1. The lowest BCUT2D eigenvalue weighted by Gasteiger charge is -2.14. The van der Waals surface area contributed by atoms with Crippen LogP contribution in [0.1, 0.15) is 12.8 Å². The summed E-state index contributed by atoms with van der Waals surface area (Å²) in [5.41, 5.74) is 0.167. The molecule has 0 unspecified atom stereocenters. The predicted molar refractivity (Wildman–Crippen MR) is 93.1 cm³/mol. The number of allylic oxidation sites excluding steroid dienone is 2. The van der Waals surface area contributed by atoms with Crippen LogP contribution in [0, 0.1) is 17.7 Å². The van der Waals surface area contributed by atoms with Crippen LogP contribution in [0.5, 0.6) is 0 Å². The van der Waals surface area contributed by atoms with E-state index < -0.39 is 54.5 Å². The number of carbonyl (C=O) groups is 4. The number of carbonyl (C=O) groups excluding carboxylic acids is 4. The van der Waals surface area contributed by atoms with Crippen molar-refractivity contribution in [1.82, 2.24) is 4.90 Å². The number of halogens is 2. The topological polar surface area (TPSA) is 92.8 Å². The monoisotopic (exact) mass is 394 g/mol. The maximum absolute atomic E-state index is 13.0. The first-order valence-electron chi connectivity index (χ1n) is 8.27. The van der Waals surface area contributed by atoms with Crippen molar-refractivity contribution in [3.05, 3.63) is 41.2 Å². The molecule has 3 rings (SSSR count). The average molecular weight is 395 g/mol. The average Bonchev–Trinajstić information content (AvgIpc) is 2.88. The summed E-state index contributed by atoms with van der Waals surface area (Å²) in [5.74, 6) is -3.77. The molecule has 2 aliphatic rings. The number of fused-ring (bicyclic) bond motifs is 1. The number of hydrogen-bond acceptors (Lipinski definition) is 5. The van der Waals surface area contributed by atoms with Gasteiger partial charge in [0.05, 0.1) is 22.5 Å². The second kappa shape index (κ2) is 7.87. The van der Waals surface area contributed by atoms with Crippen molar-refractivity contribution >= 4 is 41.0 Å². The Balaban J connectivity index is 1.50. The summed E-state index contributed by atoms with van der Waals surface area (Å²) in [7, 11) is 0. The molecule has 1 saturated heterocycles. The molecule has 1 aromatic rings. The zero-order valence-corrected chi connectivity index (χ0v) is 14.9. The number of nitrogens with one attached hydrogen (secondary N) is 1. The van der Waals surface area contributed by atoms with Crippen LogP contribution < -0.4 is 5.32 Å². The first kappa shape index (κ1) is 19.0. The van der Waals surface area contributed by atoms with Crippen molar-refractivity contribution in [1.29, 1.82) is 0 Å². The van der Waals surface area contributed by atoms with Gasteiger partial charge < -0.3 is 10.1 Å². The van der Waals surface area contributed by atoms with Crippen molar-refractivity contribution in [2.45, 2.75) is 12.8 Å². The molecule has 1 aliphatic heterocycles. The van der Waals surface area contributed by atoms with Crippen LogP contribution in [0.25, 0.3) is 0 Å². The van der Waals surface area contributed by atoms with Crippen LogP contribution >= 0.6 is 11.6 Å². The van der Waals surface area contributed by atoms with Gasteiger partial charge >= 0.3 is 5.97 Å². The molecule has 1 aliphatic carbocycles. The molecule has 3 amide bonds. The molecule has 0 radical (unpaired) electrons. The summed E-state index contributed by atoms with van der Waals surface area (Å²) in [6.45, 7) is -1.16. The highest BCUT2D eigenvalue weighted by Crippen LogP contribution is 2.34. The summed E-state index contributed by atoms with van der Waals surface area (Å²) in [6, 6.07) is 3.42. The highest BCUT2D eigenvalue weighted by Gasteiger charge is 2.47. The maximum atomic E-state index is 13.0. The summed E-state index contributed by atoms with van der Waals surface area (Å²) in [4.78, 5) is 49.2. The molecule has 142 valence electrons. The van der Waals surface area contributed by atoms with Gasteiger partial charge in [0.15, 0.2) is 6.61 Å². The van der Waals surface area contributed by atoms with Crippen molar-refractivity contribution in [2.24, 2.45) is 11.8 Å². The third-order valence-corrected chi connectivity index (χ3v) is 4.77. The second-order valence-electron chi connectivity index (χ2n) is 6.25. The molecule has 1 fully saturated rings. The Morgan fingerprint density at radius 1 is 1.19 bits per heavy atom. The van der Waals surface area contributed by atoms with Gasteiger partial charge in [-0.25, -0.2) is 4.39 Å². The van der Waals surface area contributed by atoms with E-state index in [1.54, 1.807) is 0 Å². The van der Waals surface area contributed by atoms with E-state index in [0.29, 0.717) is 12.8 Å². The molecule has 2 atom stereocenters. The predicted octanol–water partition coefficient (Wildman–Crippen LogP) is 1.91. The van der Waals surface area contributed by atoms with Crippen LogP contribution in [0.2, 0.25) is 5.02 Å². The Hall–Kier alpha value is -2.74. The summed E-state index contributed by atoms with van der Waals surface area (Å²) in [5, 5.41) is 2.37. The quantitative estimate of drug-likeness (QED) is 0.468. The van der Waals surface area contributed by atoms with E-state index in [-0.39, 0.29) is 10.7 Å². The third-order valence-electron chi connectivity index (χ3n) is 4.46. The minimum absolute atomic E-state index is 0.000786. The van der Waals surface area contributed by atoms with Gasteiger partial charge in [0.2, 0.25) is 11.8 Å². The van der Waals surface area contributed by atoms with Crippen LogP contribution in [-0.4, -0.2) is 41.7 Å². The van der Waals surface area contributed by atoms with Gasteiger partial charge in [0.1, 0.15) is 12.4 Å². The number of nitrogens with zero attached hydrogens (tertiary/aromatic N) is 1. The smallest absolute Gasteiger partial charge is 0.326 e. The fraction of sp³-hybridized carbons (Fsp3) is 0.333. The minimum atomic E-state index is -0.872. The van der Waals surface area contributed by atoms with Crippen LogP contribution in [0.3, 0.4) is 0 Å². The SMILES string of the molecule is O=C(COC(=O)CN1C(=O)[C@H]2CC=CC[C@@H]2C1=O)Nc1ccc(F)cc1Cl. The number of amides is 3. The number of benzene rings is 1. The van der Waals surface area contributed by atoms with Crippen molar-refractivity contribution in [3.8, 4) is 0 Å². The fourth-order valence-electron chi connectivity index (χ4n) is 3.12. The molecule has 0 saturated carbocycles. The Bertz CT molecular complexity index is 815. The van der Waals surface area contributed by atoms with Gasteiger partial charge in [-0.15, -0.1) is 0 Å². The van der Waals surface area contributed by atoms with Gasteiger partial charge in [-0.2, -0.15) is 0 Å². The molecular weight excluding hydrogens is 379 g/mol. The first-order valence-corrected chi connectivity index (χ1v) is 8.65. The van der Waals surface area contributed by atoms with Gasteiger partial charge in [-0.3, -0.25) is 24.1 Å². The molecule has 0 aromatic heterocycles. The first-order chi connectivity index (χ1) is 12.9. The van der Waals surface area contributed by atoms with Crippen molar-refractivity contribution in [3.63, 3.8) is 0 Å². The summed E-state index contributed by atoms with van der Waals surface area (Å²) >= 11 is 5.79. The normalized spacial score (nSPS) is 21.2. The number of anilines is 1. The number of rotatable bonds is 5. The Labute approximate surface area is 159 Å². The number of likely N-dealkylation sites (tertiary alicyclic amines) is 1. The van der Waals surface area contributed by atoms with E-state index in [1.165, 1.54) is 6.07 Å². The molecule has 7 nitrogen and oxygen atoms in total. The fourth-order valence-corrected chi connectivity index (χ4v) is 3.34. The van der Waals surface area contributed by atoms with Gasteiger partial charge in [0, 0.05) is 0 Å². The molecule has 0 spiro atoms. The third kappa shape index (κ3) is 4.16. The summed E-state index contributed by atoms with van der Waals surface area (Å²) in [6.07, 6.45) is 4.64. The highest BCUT2D eigenvalue weighted by molar-refractivity contribution is 6.33. The van der Waals surface area contributed by atoms with E-state index in [4.69, 9.17) is 16.3 Å². The molecular formula is C18H16ClFN2O5. The minimum Gasteiger partial charge on any atom is -0.454 e. The lowest BCUT2D eigenvalue weighted by molar-refractivity contribution is -0.154. The van der Waals surface area contributed by atoms with Crippen LogP contribution in [-0.2, 0) is 23.9 Å². The van der Waals surface area contributed by atoms with Crippen LogP contribution in [0.4, 0.5) is 10.1 Å². The lowest BCUT2D eigenvalue weighted by Crippen LogP contribution is -2.37. The van der Waals surface area contributed by atoms with Gasteiger partial charge in [0.25, 0.3) is 5.91 Å². The number of imide groups is 1. The largest absolute Gasteiger partial charge is 0.454 e. The lowest BCUT2D eigenvalue weighted by atomic mass is 9.85. The number of esters is 1. The zero-order valence-electron chi connectivity index (χ0n) is 14.1. The van der Waals surface area contributed by atoms with Crippen LogP contribution in [0.15, 0.2) is 30.4 Å². The second-order valence-corrected chi connectivity index (χ2v) is 6.66. The Kier molecular flexibility index (Phi) is 5.55. The molecule has 1 heterocycles. The summed E-state index contributed by atoms with van der Waals surface area (Å²) < 4.78 is 17.8. The highest BCUT2D eigenvalue weighted by atomic mass is 35.5. The maximum Gasteiger partial charge on any atom is 0.326 e. The number of ether oxygens (including phenoxy) is 1. The van der Waals surface area contributed by atoms with Crippen molar-refractivity contribution < 1.29 is 28.3 Å². The molecule has 1 N–H and O–H groups in total. The van der Waals surface area contributed by atoms with E-state index in [2.05, 4.69) is 5.32 Å².